The lowest BCUT2D eigenvalue weighted by Crippen LogP contribution is -2.24. The minimum atomic E-state index is -0.0123. The van der Waals surface area contributed by atoms with Gasteiger partial charge in [0.15, 0.2) is 11.5 Å². The number of carbonyl (C=O) groups excluding carboxylic acids is 1. The number of nitrogens with one attached hydrogen (secondary N) is 1. The molecule has 2 aromatic rings. The molecule has 1 N–H and O–H groups in total. The largest absolute Gasteiger partial charge is 0.493 e. The Kier molecular flexibility index (Phi) is 5.44. The van der Waals surface area contributed by atoms with E-state index in [4.69, 9.17) is 9.47 Å². The minimum Gasteiger partial charge on any atom is -0.493 e. The summed E-state index contributed by atoms with van der Waals surface area (Å²) in [5, 5.41) is 2.95. The van der Waals surface area contributed by atoms with Gasteiger partial charge >= 0.3 is 0 Å². The monoisotopic (exact) mass is 319 g/mol. The predicted molar refractivity (Wildman–Crippen MR) is 89.4 cm³/mol. The SMILES string of the molecule is COc1ccc(CCNC(=O)c2cc(C)c(C)s2)cc1OC. The highest BCUT2D eigenvalue weighted by Crippen LogP contribution is 2.27. The molecule has 0 atom stereocenters. The van der Waals surface area contributed by atoms with E-state index in [9.17, 15) is 4.79 Å². The van der Waals surface area contributed by atoms with Crippen molar-refractivity contribution in [3.8, 4) is 11.5 Å². The molecule has 22 heavy (non-hydrogen) atoms. The first-order valence-electron chi connectivity index (χ1n) is 7.11. The van der Waals surface area contributed by atoms with Gasteiger partial charge in [-0.15, -0.1) is 11.3 Å². The molecule has 0 saturated heterocycles. The highest BCUT2D eigenvalue weighted by atomic mass is 32.1. The number of aryl methyl sites for hydroxylation is 2. The molecule has 2 rings (SSSR count). The van der Waals surface area contributed by atoms with E-state index in [1.54, 1.807) is 14.2 Å². The molecule has 0 unspecified atom stereocenters. The molecule has 4 nitrogen and oxygen atoms in total. The van der Waals surface area contributed by atoms with Crippen molar-refractivity contribution in [3.63, 3.8) is 0 Å². The second kappa shape index (κ2) is 7.31. The molecule has 0 radical (unpaired) electrons. The summed E-state index contributed by atoms with van der Waals surface area (Å²) in [5.41, 5.74) is 2.26. The zero-order chi connectivity index (χ0) is 16.1. The number of methoxy groups -OCH3 is 2. The Morgan fingerprint density at radius 2 is 1.86 bits per heavy atom. The van der Waals surface area contributed by atoms with Crippen molar-refractivity contribution in [1.82, 2.24) is 5.32 Å². The average Bonchev–Trinajstić information content (AvgIpc) is 2.86. The maximum absolute atomic E-state index is 12.1. The fraction of sp³-hybridized carbons (Fsp3) is 0.353. The van der Waals surface area contributed by atoms with Gasteiger partial charge < -0.3 is 14.8 Å². The first-order valence-corrected chi connectivity index (χ1v) is 7.93. The molecule has 0 aliphatic heterocycles. The molecule has 0 spiro atoms. The number of hydrogen-bond acceptors (Lipinski definition) is 4. The number of benzene rings is 1. The zero-order valence-electron chi connectivity index (χ0n) is 13.4. The number of carbonyl (C=O) groups is 1. The van der Waals surface area contributed by atoms with Crippen molar-refractivity contribution in [1.29, 1.82) is 0 Å². The van der Waals surface area contributed by atoms with E-state index in [-0.39, 0.29) is 5.91 Å². The van der Waals surface area contributed by atoms with Crippen LogP contribution >= 0.6 is 11.3 Å². The third-order valence-corrected chi connectivity index (χ3v) is 4.69. The highest BCUT2D eigenvalue weighted by molar-refractivity contribution is 7.14. The Labute approximate surface area is 135 Å². The Balaban J connectivity index is 1.92. The number of hydrogen-bond donors (Lipinski definition) is 1. The van der Waals surface area contributed by atoms with Crippen LogP contribution in [0.5, 0.6) is 11.5 Å². The second-order valence-corrected chi connectivity index (χ2v) is 6.30. The number of thiophene rings is 1. The van der Waals surface area contributed by atoms with Crippen LogP contribution in [0.1, 0.15) is 25.7 Å². The first kappa shape index (κ1) is 16.4. The summed E-state index contributed by atoms with van der Waals surface area (Å²) in [5.74, 6) is 1.40. The summed E-state index contributed by atoms with van der Waals surface area (Å²) < 4.78 is 10.5. The van der Waals surface area contributed by atoms with Crippen LogP contribution in [0, 0.1) is 13.8 Å². The summed E-state index contributed by atoms with van der Waals surface area (Å²) in [6.45, 7) is 4.64. The fourth-order valence-electron chi connectivity index (χ4n) is 2.13. The Morgan fingerprint density at radius 3 is 2.45 bits per heavy atom. The predicted octanol–water partition coefficient (Wildman–Crippen LogP) is 3.35. The van der Waals surface area contributed by atoms with Crippen LogP contribution in [0.15, 0.2) is 24.3 Å². The molecule has 0 saturated carbocycles. The Morgan fingerprint density at radius 1 is 1.14 bits per heavy atom. The Hall–Kier alpha value is -2.01. The van der Waals surface area contributed by atoms with Crippen LogP contribution in [0.2, 0.25) is 0 Å². The van der Waals surface area contributed by atoms with Gasteiger partial charge in [-0.05, 0) is 49.6 Å². The van der Waals surface area contributed by atoms with Crippen LogP contribution in [0.4, 0.5) is 0 Å². The van der Waals surface area contributed by atoms with Gasteiger partial charge in [-0.2, -0.15) is 0 Å². The van der Waals surface area contributed by atoms with Crippen molar-refractivity contribution in [2.24, 2.45) is 0 Å². The minimum absolute atomic E-state index is 0.0123. The van der Waals surface area contributed by atoms with Crippen molar-refractivity contribution < 1.29 is 14.3 Å². The second-order valence-electron chi connectivity index (χ2n) is 5.05. The normalized spacial score (nSPS) is 10.4. The summed E-state index contributed by atoms with van der Waals surface area (Å²) in [6, 6.07) is 7.73. The number of ether oxygens (including phenoxy) is 2. The van der Waals surface area contributed by atoms with E-state index in [0.717, 1.165) is 22.4 Å². The van der Waals surface area contributed by atoms with Gasteiger partial charge in [0.1, 0.15) is 0 Å². The van der Waals surface area contributed by atoms with E-state index >= 15 is 0 Å². The lowest BCUT2D eigenvalue weighted by atomic mass is 10.1. The third-order valence-electron chi connectivity index (χ3n) is 3.54. The molecule has 0 bridgehead atoms. The smallest absolute Gasteiger partial charge is 0.261 e. The van der Waals surface area contributed by atoms with E-state index < -0.39 is 0 Å². The fourth-order valence-corrected chi connectivity index (χ4v) is 3.08. The summed E-state index contributed by atoms with van der Waals surface area (Å²) in [4.78, 5) is 14.0. The number of rotatable bonds is 6. The van der Waals surface area contributed by atoms with Crippen molar-refractivity contribution in [3.05, 3.63) is 45.1 Å². The molecule has 0 aliphatic rings. The topological polar surface area (TPSA) is 47.6 Å². The number of amides is 1. The van der Waals surface area contributed by atoms with Gasteiger partial charge in [0.25, 0.3) is 5.91 Å². The lowest BCUT2D eigenvalue weighted by Gasteiger charge is -2.10. The van der Waals surface area contributed by atoms with Gasteiger partial charge in [0.05, 0.1) is 19.1 Å². The zero-order valence-corrected chi connectivity index (χ0v) is 14.2. The van der Waals surface area contributed by atoms with Gasteiger partial charge in [-0.3, -0.25) is 4.79 Å². The molecule has 118 valence electrons. The standard InChI is InChI=1S/C17H21NO3S/c1-11-9-16(22-12(11)2)17(19)18-8-7-13-5-6-14(20-3)15(10-13)21-4/h5-6,9-10H,7-8H2,1-4H3,(H,18,19). The van der Waals surface area contributed by atoms with E-state index in [1.807, 2.05) is 38.1 Å². The molecular formula is C17H21NO3S. The molecule has 1 aromatic heterocycles. The van der Waals surface area contributed by atoms with Crippen LogP contribution in [-0.4, -0.2) is 26.7 Å². The molecule has 1 amide bonds. The van der Waals surface area contributed by atoms with Crippen molar-refractivity contribution in [2.75, 3.05) is 20.8 Å². The van der Waals surface area contributed by atoms with Gasteiger partial charge in [-0.1, -0.05) is 6.07 Å². The summed E-state index contributed by atoms with van der Waals surface area (Å²) in [7, 11) is 3.23. The van der Waals surface area contributed by atoms with Crippen molar-refractivity contribution in [2.45, 2.75) is 20.3 Å². The van der Waals surface area contributed by atoms with Gasteiger partial charge in [0, 0.05) is 11.4 Å². The van der Waals surface area contributed by atoms with E-state index in [1.165, 1.54) is 16.2 Å². The maximum Gasteiger partial charge on any atom is 0.261 e. The molecule has 1 aromatic carbocycles. The summed E-state index contributed by atoms with van der Waals surface area (Å²) in [6.07, 6.45) is 0.745. The molecule has 0 aliphatic carbocycles. The molecule has 1 heterocycles. The third kappa shape index (κ3) is 3.80. The van der Waals surface area contributed by atoms with Gasteiger partial charge in [-0.25, -0.2) is 0 Å². The van der Waals surface area contributed by atoms with E-state index in [0.29, 0.717) is 18.0 Å². The van der Waals surface area contributed by atoms with Gasteiger partial charge in [0.2, 0.25) is 0 Å². The average molecular weight is 319 g/mol. The van der Waals surface area contributed by atoms with Crippen LogP contribution < -0.4 is 14.8 Å². The lowest BCUT2D eigenvalue weighted by molar-refractivity contribution is 0.0958. The van der Waals surface area contributed by atoms with E-state index in [2.05, 4.69) is 5.32 Å². The molecule has 0 fully saturated rings. The van der Waals surface area contributed by atoms with Crippen LogP contribution in [0.25, 0.3) is 0 Å². The molecule has 5 heteroatoms. The first-order chi connectivity index (χ1) is 10.5. The quantitative estimate of drug-likeness (QED) is 0.888. The highest BCUT2D eigenvalue weighted by Gasteiger charge is 2.10. The molecular weight excluding hydrogens is 298 g/mol. The Bertz CT molecular complexity index is 644. The van der Waals surface area contributed by atoms with Crippen LogP contribution in [0.3, 0.4) is 0 Å². The maximum atomic E-state index is 12.1. The van der Waals surface area contributed by atoms with Crippen molar-refractivity contribution >= 4 is 17.2 Å². The summed E-state index contributed by atoms with van der Waals surface area (Å²) >= 11 is 1.53. The van der Waals surface area contributed by atoms with Crippen LogP contribution in [-0.2, 0) is 6.42 Å².